The highest BCUT2D eigenvalue weighted by atomic mass is 32.2. The molecule has 0 fully saturated rings. The van der Waals surface area contributed by atoms with Crippen LogP contribution in [0.15, 0.2) is 71.6 Å². The molecule has 3 aromatic rings. The molecule has 0 unspecified atom stereocenters. The summed E-state index contributed by atoms with van der Waals surface area (Å²) in [5, 5.41) is 7.40. The Hall–Kier alpha value is -3.23. The first-order valence-corrected chi connectivity index (χ1v) is 11.2. The second-order valence-corrected chi connectivity index (χ2v) is 9.56. The van der Waals surface area contributed by atoms with Gasteiger partial charge in [-0.15, -0.1) is 0 Å². The number of carbonyl (C=O) groups excluding carboxylic acids is 2. The predicted molar refractivity (Wildman–Crippen MR) is 121 cm³/mol. The van der Waals surface area contributed by atoms with Crippen molar-refractivity contribution in [3.05, 3.63) is 72.3 Å². The number of hydrogen-bond donors (Lipinski definition) is 2. The van der Waals surface area contributed by atoms with Gasteiger partial charge in [-0.25, -0.2) is 12.7 Å². The predicted octanol–water partition coefficient (Wildman–Crippen LogP) is 2.78. The molecule has 8 heteroatoms. The van der Waals surface area contributed by atoms with Crippen molar-refractivity contribution in [1.82, 2.24) is 9.62 Å². The van der Waals surface area contributed by atoms with Crippen LogP contribution in [0, 0.1) is 0 Å². The van der Waals surface area contributed by atoms with Crippen LogP contribution in [0.3, 0.4) is 0 Å². The van der Waals surface area contributed by atoms with E-state index in [2.05, 4.69) is 10.6 Å². The molecule has 2 N–H and O–H groups in total. The molecule has 0 heterocycles. The monoisotopic (exact) mass is 439 g/mol. The molecule has 1 atom stereocenters. The van der Waals surface area contributed by atoms with Crippen molar-refractivity contribution in [3.8, 4) is 0 Å². The molecule has 0 aliphatic heterocycles. The fourth-order valence-corrected chi connectivity index (χ4v) is 4.12. The molecule has 3 rings (SSSR count). The first-order chi connectivity index (χ1) is 14.7. The number of nitrogens with zero attached hydrogens (tertiary/aromatic N) is 1. The van der Waals surface area contributed by atoms with Gasteiger partial charge in [-0.05, 0) is 41.5 Å². The van der Waals surface area contributed by atoms with Crippen molar-refractivity contribution in [3.63, 3.8) is 0 Å². The molecule has 3 aromatic carbocycles. The summed E-state index contributed by atoms with van der Waals surface area (Å²) in [5.74, 6) is -0.714. The molecular weight excluding hydrogens is 414 g/mol. The number of amides is 2. The standard InChI is InChI=1S/C23H25N3O4S/c1-16(23(28)25-19-11-7-12-20(15-19)31(29,30)26(2)3)24-22(27)14-18-10-6-9-17-8-4-5-13-21(17)18/h4-13,15-16H,14H2,1-3H3,(H,24,27)(H,25,28)/t16-/m1/s1. The molecule has 0 bridgehead atoms. The second-order valence-electron chi connectivity index (χ2n) is 7.41. The summed E-state index contributed by atoms with van der Waals surface area (Å²) >= 11 is 0. The van der Waals surface area contributed by atoms with Crippen molar-refractivity contribution < 1.29 is 18.0 Å². The van der Waals surface area contributed by atoms with Gasteiger partial charge in [0.05, 0.1) is 11.3 Å². The Balaban J connectivity index is 1.65. The Morgan fingerprint density at radius 2 is 1.65 bits per heavy atom. The van der Waals surface area contributed by atoms with Crippen LogP contribution in [0.4, 0.5) is 5.69 Å². The van der Waals surface area contributed by atoms with E-state index < -0.39 is 22.0 Å². The number of carbonyl (C=O) groups is 2. The number of sulfonamides is 1. The molecule has 0 radical (unpaired) electrons. The molecule has 0 aliphatic rings. The highest BCUT2D eigenvalue weighted by Gasteiger charge is 2.20. The molecule has 31 heavy (non-hydrogen) atoms. The molecule has 2 amide bonds. The van der Waals surface area contributed by atoms with Gasteiger partial charge in [0, 0.05) is 19.8 Å². The molecule has 0 spiro atoms. The first-order valence-electron chi connectivity index (χ1n) is 9.78. The Morgan fingerprint density at radius 3 is 2.39 bits per heavy atom. The quantitative estimate of drug-likeness (QED) is 0.592. The minimum Gasteiger partial charge on any atom is -0.344 e. The minimum atomic E-state index is -3.61. The van der Waals surface area contributed by atoms with Gasteiger partial charge in [-0.2, -0.15) is 0 Å². The third-order valence-corrected chi connectivity index (χ3v) is 6.69. The summed E-state index contributed by atoms with van der Waals surface area (Å²) in [6, 6.07) is 18.8. The Kier molecular flexibility index (Phi) is 6.72. The average Bonchev–Trinajstić information content (AvgIpc) is 2.74. The summed E-state index contributed by atoms with van der Waals surface area (Å²) in [6.07, 6.45) is 0.148. The van der Waals surface area contributed by atoms with Crippen LogP contribution in [-0.2, 0) is 26.0 Å². The van der Waals surface area contributed by atoms with E-state index in [9.17, 15) is 18.0 Å². The Bertz CT molecular complexity index is 1220. The van der Waals surface area contributed by atoms with Gasteiger partial charge in [0.1, 0.15) is 6.04 Å². The van der Waals surface area contributed by atoms with E-state index in [1.54, 1.807) is 19.1 Å². The average molecular weight is 440 g/mol. The van der Waals surface area contributed by atoms with Crippen molar-refractivity contribution in [2.24, 2.45) is 0 Å². The molecule has 7 nitrogen and oxygen atoms in total. The van der Waals surface area contributed by atoms with Gasteiger partial charge in [-0.3, -0.25) is 9.59 Å². The molecule has 0 aromatic heterocycles. The van der Waals surface area contributed by atoms with Crippen LogP contribution in [0.2, 0.25) is 0 Å². The third kappa shape index (κ3) is 5.28. The lowest BCUT2D eigenvalue weighted by atomic mass is 10.0. The topological polar surface area (TPSA) is 95.6 Å². The third-order valence-electron chi connectivity index (χ3n) is 4.88. The van der Waals surface area contributed by atoms with Crippen LogP contribution in [0.1, 0.15) is 12.5 Å². The lowest BCUT2D eigenvalue weighted by molar-refractivity contribution is -0.125. The summed E-state index contributed by atoms with van der Waals surface area (Å²) in [4.78, 5) is 25.1. The zero-order valence-corrected chi connectivity index (χ0v) is 18.4. The summed E-state index contributed by atoms with van der Waals surface area (Å²) in [7, 11) is -0.737. The fourth-order valence-electron chi connectivity index (χ4n) is 3.17. The largest absolute Gasteiger partial charge is 0.344 e. The highest BCUT2D eigenvalue weighted by molar-refractivity contribution is 7.89. The second kappa shape index (κ2) is 9.28. The normalized spacial score (nSPS) is 12.5. The number of fused-ring (bicyclic) bond motifs is 1. The van der Waals surface area contributed by atoms with E-state index in [4.69, 9.17) is 0 Å². The van der Waals surface area contributed by atoms with E-state index in [0.29, 0.717) is 5.69 Å². The van der Waals surface area contributed by atoms with E-state index in [0.717, 1.165) is 20.6 Å². The van der Waals surface area contributed by atoms with Crippen molar-refractivity contribution in [2.75, 3.05) is 19.4 Å². The van der Waals surface area contributed by atoms with Crippen LogP contribution in [0.5, 0.6) is 0 Å². The number of benzene rings is 3. The van der Waals surface area contributed by atoms with Gasteiger partial charge < -0.3 is 10.6 Å². The molecule has 0 saturated heterocycles. The Morgan fingerprint density at radius 1 is 0.968 bits per heavy atom. The van der Waals surface area contributed by atoms with Gasteiger partial charge in [0.2, 0.25) is 21.8 Å². The van der Waals surface area contributed by atoms with Crippen molar-refractivity contribution in [1.29, 1.82) is 0 Å². The number of anilines is 1. The molecule has 0 aliphatic carbocycles. The van der Waals surface area contributed by atoms with Crippen molar-refractivity contribution in [2.45, 2.75) is 24.3 Å². The summed E-state index contributed by atoms with van der Waals surface area (Å²) < 4.78 is 25.6. The number of hydrogen-bond acceptors (Lipinski definition) is 4. The van der Waals surface area contributed by atoms with Gasteiger partial charge in [0.15, 0.2) is 0 Å². The maximum Gasteiger partial charge on any atom is 0.246 e. The maximum atomic E-state index is 12.5. The zero-order chi connectivity index (χ0) is 22.6. The van der Waals surface area contributed by atoms with E-state index in [1.165, 1.54) is 26.2 Å². The summed E-state index contributed by atoms with van der Waals surface area (Å²) in [5.41, 5.74) is 1.22. The van der Waals surface area contributed by atoms with Crippen LogP contribution in [0.25, 0.3) is 10.8 Å². The molecule has 162 valence electrons. The minimum absolute atomic E-state index is 0.0722. The van der Waals surface area contributed by atoms with Crippen LogP contribution >= 0.6 is 0 Å². The SMILES string of the molecule is C[C@@H](NC(=O)Cc1cccc2ccccc12)C(=O)Nc1cccc(S(=O)(=O)N(C)C)c1. The van der Waals surface area contributed by atoms with E-state index in [1.807, 2.05) is 42.5 Å². The number of nitrogens with one attached hydrogen (secondary N) is 2. The van der Waals surface area contributed by atoms with Gasteiger partial charge >= 0.3 is 0 Å². The van der Waals surface area contributed by atoms with E-state index >= 15 is 0 Å². The number of rotatable bonds is 7. The van der Waals surface area contributed by atoms with E-state index in [-0.39, 0.29) is 17.2 Å². The molecular formula is C23H25N3O4S. The zero-order valence-electron chi connectivity index (χ0n) is 17.6. The summed E-state index contributed by atoms with van der Waals surface area (Å²) in [6.45, 7) is 1.58. The smallest absolute Gasteiger partial charge is 0.246 e. The van der Waals surface area contributed by atoms with Gasteiger partial charge in [0.25, 0.3) is 0 Å². The Labute approximate surface area is 182 Å². The highest BCUT2D eigenvalue weighted by Crippen LogP contribution is 2.20. The fraction of sp³-hybridized carbons (Fsp3) is 0.217. The van der Waals surface area contributed by atoms with Crippen LogP contribution < -0.4 is 10.6 Å². The van der Waals surface area contributed by atoms with Crippen molar-refractivity contribution >= 4 is 38.3 Å². The van der Waals surface area contributed by atoms with Gasteiger partial charge in [-0.1, -0.05) is 48.5 Å². The maximum absolute atomic E-state index is 12.5. The lowest BCUT2D eigenvalue weighted by Crippen LogP contribution is -2.42. The van der Waals surface area contributed by atoms with Crippen LogP contribution in [-0.4, -0.2) is 44.7 Å². The lowest BCUT2D eigenvalue weighted by Gasteiger charge is -2.16. The first kappa shape index (κ1) is 22.5. The molecule has 0 saturated carbocycles.